The molecule has 0 saturated heterocycles. The molecule has 0 fully saturated rings. The second-order valence-corrected chi connectivity index (χ2v) is 4.83. The van der Waals surface area contributed by atoms with Crippen molar-refractivity contribution in [2.24, 2.45) is 0 Å². The zero-order chi connectivity index (χ0) is 18.4. The number of ether oxygens (including phenoxy) is 2. The van der Waals surface area contributed by atoms with E-state index in [1.54, 1.807) is 24.3 Å². The number of methoxy groups -OCH3 is 2. The van der Waals surface area contributed by atoms with Gasteiger partial charge in [0.05, 0.1) is 19.9 Å². The van der Waals surface area contributed by atoms with Gasteiger partial charge in [0, 0.05) is 11.6 Å². The van der Waals surface area contributed by atoms with Crippen LogP contribution in [0.25, 0.3) is 6.08 Å². The number of carbonyl (C=O) groups excluding carboxylic acids is 1. The molecule has 0 spiro atoms. The van der Waals surface area contributed by atoms with E-state index in [1.165, 1.54) is 20.3 Å². The Hall–Kier alpha value is -3.40. The van der Waals surface area contributed by atoms with Gasteiger partial charge in [-0.15, -0.1) is 0 Å². The molecule has 128 valence electrons. The lowest BCUT2D eigenvalue weighted by atomic mass is 10.1. The maximum absolute atomic E-state index is 13.6. The molecule has 0 atom stereocenters. The van der Waals surface area contributed by atoms with Crippen molar-refractivity contribution in [2.45, 2.75) is 0 Å². The molecule has 0 aliphatic heterocycles. The average molecular weight is 344 g/mol. The van der Waals surface area contributed by atoms with Crippen molar-refractivity contribution < 1.29 is 23.0 Å². The second kappa shape index (κ2) is 7.93. The number of anilines is 1. The number of para-hydroxylation sites is 1. The van der Waals surface area contributed by atoms with Crippen LogP contribution in [0.15, 0.2) is 42.0 Å². The summed E-state index contributed by atoms with van der Waals surface area (Å²) in [5, 5.41) is 11.5. The van der Waals surface area contributed by atoms with Crippen molar-refractivity contribution in [3.63, 3.8) is 0 Å². The highest BCUT2D eigenvalue weighted by Gasteiger charge is 2.15. The van der Waals surface area contributed by atoms with Gasteiger partial charge in [-0.3, -0.25) is 4.79 Å². The zero-order valence-electron chi connectivity index (χ0n) is 13.5. The first-order chi connectivity index (χ1) is 12.0. The Kier molecular flexibility index (Phi) is 5.69. The number of benzene rings is 2. The summed E-state index contributed by atoms with van der Waals surface area (Å²) in [6.07, 6.45) is 1.29. The molecular formula is C18H14F2N2O3. The summed E-state index contributed by atoms with van der Waals surface area (Å²) in [6.45, 7) is 0. The number of hydrogen-bond acceptors (Lipinski definition) is 4. The van der Waals surface area contributed by atoms with E-state index in [0.717, 1.165) is 12.1 Å². The lowest BCUT2D eigenvalue weighted by molar-refractivity contribution is -0.112. The topological polar surface area (TPSA) is 71.3 Å². The number of amides is 1. The van der Waals surface area contributed by atoms with E-state index < -0.39 is 17.5 Å². The first kappa shape index (κ1) is 17.9. The maximum atomic E-state index is 13.6. The Balaban J connectivity index is 2.35. The first-order valence-corrected chi connectivity index (χ1v) is 7.09. The highest BCUT2D eigenvalue weighted by molar-refractivity contribution is 6.09. The van der Waals surface area contributed by atoms with Crippen LogP contribution < -0.4 is 14.8 Å². The van der Waals surface area contributed by atoms with Gasteiger partial charge in [-0.05, 0) is 24.3 Å². The zero-order valence-corrected chi connectivity index (χ0v) is 13.5. The molecule has 0 radical (unpaired) electrons. The lowest BCUT2D eigenvalue weighted by Gasteiger charge is -2.10. The molecule has 0 aliphatic carbocycles. The quantitative estimate of drug-likeness (QED) is 0.665. The summed E-state index contributed by atoms with van der Waals surface area (Å²) < 4.78 is 36.9. The minimum absolute atomic E-state index is 0.231. The number of halogens is 2. The summed E-state index contributed by atoms with van der Waals surface area (Å²) in [6, 6.07) is 9.41. The van der Waals surface area contributed by atoms with Crippen molar-refractivity contribution in [1.82, 2.24) is 0 Å². The third-order valence-corrected chi connectivity index (χ3v) is 3.28. The SMILES string of the molecule is COc1cccc(/C=C(\C#N)C(=O)Nc2ccc(F)cc2F)c1OC. The van der Waals surface area contributed by atoms with Crippen LogP contribution in [0.5, 0.6) is 11.5 Å². The monoisotopic (exact) mass is 344 g/mol. The molecule has 0 aliphatic rings. The fraction of sp³-hybridized carbons (Fsp3) is 0.111. The second-order valence-electron chi connectivity index (χ2n) is 4.83. The molecule has 5 nitrogen and oxygen atoms in total. The molecule has 7 heteroatoms. The number of hydrogen-bond donors (Lipinski definition) is 1. The van der Waals surface area contributed by atoms with Gasteiger partial charge in [-0.25, -0.2) is 8.78 Å². The van der Waals surface area contributed by atoms with Crippen LogP contribution in [0, 0.1) is 23.0 Å². The Morgan fingerprint density at radius 2 is 1.96 bits per heavy atom. The minimum Gasteiger partial charge on any atom is -0.493 e. The summed E-state index contributed by atoms with van der Waals surface area (Å²) in [4.78, 5) is 12.2. The van der Waals surface area contributed by atoms with Crippen LogP contribution in [-0.2, 0) is 4.79 Å². The Morgan fingerprint density at radius 1 is 1.20 bits per heavy atom. The third-order valence-electron chi connectivity index (χ3n) is 3.28. The first-order valence-electron chi connectivity index (χ1n) is 7.09. The van der Waals surface area contributed by atoms with Crippen LogP contribution in [0.1, 0.15) is 5.56 Å². The smallest absolute Gasteiger partial charge is 0.266 e. The highest BCUT2D eigenvalue weighted by atomic mass is 19.1. The van der Waals surface area contributed by atoms with E-state index in [0.29, 0.717) is 23.1 Å². The summed E-state index contributed by atoms with van der Waals surface area (Å²) >= 11 is 0. The van der Waals surface area contributed by atoms with Crippen molar-refractivity contribution in [1.29, 1.82) is 5.26 Å². The Bertz CT molecular complexity index is 873. The molecule has 0 saturated carbocycles. The number of carbonyl (C=O) groups is 1. The van der Waals surface area contributed by atoms with Gasteiger partial charge in [-0.2, -0.15) is 5.26 Å². The van der Waals surface area contributed by atoms with E-state index in [2.05, 4.69) is 5.32 Å². The Labute approximate surface area is 143 Å². The molecule has 0 heterocycles. The van der Waals surface area contributed by atoms with Crippen LogP contribution in [0.3, 0.4) is 0 Å². The molecule has 2 aromatic carbocycles. The van der Waals surface area contributed by atoms with Gasteiger partial charge in [0.15, 0.2) is 11.5 Å². The molecule has 1 N–H and O–H groups in total. The summed E-state index contributed by atoms with van der Waals surface area (Å²) in [7, 11) is 2.88. The van der Waals surface area contributed by atoms with E-state index in [1.807, 2.05) is 0 Å². The van der Waals surface area contributed by atoms with Gasteiger partial charge in [-0.1, -0.05) is 12.1 Å². The predicted molar refractivity (Wildman–Crippen MR) is 88.1 cm³/mol. The number of nitrogens with zero attached hydrogens (tertiary/aromatic N) is 1. The van der Waals surface area contributed by atoms with E-state index in [9.17, 15) is 18.8 Å². The van der Waals surface area contributed by atoms with Crippen molar-refractivity contribution >= 4 is 17.7 Å². The highest BCUT2D eigenvalue weighted by Crippen LogP contribution is 2.32. The fourth-order valence-electron chi connectivity index (χ4n) is 2.11. The van der Waals surface area contributed by atoms with Crippen LogP contribution in [0.4, 0.5) is 14.5 Å². The van der Waals surface area contributed by atoms with Gasteiger partial charge in [0.2, 0.25) is 0 Å². The van der Waals surface area contributed by atoms with Crippen molar-refractivity contribution in [3.05, 3.63) is 59.2 Å². The van der Waals surface area contributed by atoms with Crippen molar-refractivity contribution in [2.75, 3.05) is 19.5 Å². The Morgan fingerprint density at radius 3 is 2.56 bits per heavy atom. The fourth-order valence-corrected chi connectivity index (χ4v) is 2.11. The number of nitriles is 1. The lowest BCUT2D eigenvalue weighted by Crippen LogP contribution is -2.14. The molecule has 2 rings (SSSR count). The van der Waals surface area contributed by atoms with Gasteiger partial charge in [0.25, 0.3) is 5.91 Å². The van der Waals surface area contributed by atoms with Gasteiger partial charge < -0.3 is 14.8 Å². The van der Waals surface area contributed by atoms with E-state index in [4.69, 9.17) is 9.47 Å². The predicted octanol–water partition coefficient (Wildman–Crippen LogP) is 3.53. The van der Waals surface area contributed by atoms with Crippen LogP contribution >= 0.6 is 0 Å². The maximum Gasteiger partial charge on any atom is 0.266 e. The minimum atomic E-state index is -0.940. The largest absolute Gasteiger partial charge is 0.493 e. The third kappa shape index (κ3) is 4.12. The van der Waals surface area contributed by atoms with E-state index >= 15 is 0 Å². The molecule has 0 unspecified atom stereocenters. The molecule has 25 heavy (non-hydrogen) atoms. The average Bonchev–Trinajstić information content (AvgIpc) is 2.61. The van der Waals surface area contributed by atoms with E-state index in [-0.39, 0.29) is 11.3 Å². The molecular weight excluding hydrogens is 330 g/mol. The standard InChI is InChI=1S/C18H14F2N2O3/c1-24-16-5-3-4-11(17(16)25-2)8-12(10-21)18(23)22-15-7-6-13(19)9-14(15)20/h3-9H,1-2H3,(H,22,23)/b12-8+. The molecule has 2 aromatic rings. The molecule has 0 aromatic heterocycles. The van der Waals surface area contributed by atoms with Crippen LogP contribution in [0.2, 0.25) is 0 Å². The summed E-state index contributed by atoms with van der Waals surface area (Å²) in [5.41, 5.74) is -0.0754. The molecule has 1 amide bonds. The number of nitrogens with one attached hydrogen (secondary N) is 1. The number of rotatable bonds is 5. The van der Waals surface area contributed by atoms with Gasteiger partial charge in [0.1, 0.15) is 23.3 Å². The van der Waals surface area contributed by atoms with Gasteiger partial charge >= 0.3 is 0 Å². The summed E-state index contributed by atoms with van der Waals surface area (Å²) in [5.74, 6) is -1.77. The molecule has 0 bridgehead atoms. The normalized spacial score (nSPS) is 10.8. The van der Waals surface area contributed by atoms with Crippen molar-refractivity contribution in [3.8, 4) is 17.6 Å². The van der Waals surface area contributed by atoms with Crippen LogP contribution in [-0.4, -0.2) is 20.1 Å².